The number of amides is 1. The van der Waals surface area contributed by atoms with Gasteiger partial charge < -0.3 is 14.6 Å². The molecule has 1 aromatic heterocycles. The second-order valence-corrected chi connectivity index (χ2v) is 8.12. The number of thioether (sulfide) groups is 1. The van der Waals surface area contributed by atoms with Crippen molar-refractivity contribution in [3.8, 4) is 5.75 Å². The Hall–Kier alpha value is -2.80. The molecule has 0 spiro atoms. The summed E-state index contributed by atoms with van der Waals surface area (Å²) in [4.78, 5) is 12.3. The molecular formula is C22H26N4O2S. The van der Waals surface area contributed by atoms with Crippen molar-refractivity contribution >= 4 is 23.4 Å². The summed E-state index contributed by atoms with van der Waals surface area (Å²) in [6.07, 6.45) is 0. The average molecular weight is 411 g/mol. The Morgan fingerprint density at radius 2 is 1.93 bits per heavy atom. The topological polar surface area (TPSA) is 69.0 Å². The van der Waals surface area contributed by atoms with E-state index in [9.17, 15) is 4.79 Å². The van der Waals surface area contributed by atoms with Crippen LogP contribution in [0, 0.1) is 6.92 Å². The Bertz CT molecular complexity index is 967. The number of rotatable bonds is 8. The van der Waals surface area contributed by atoms with Crippen LogP contribution in [0.5, 0.6) is 5.75 Å². The molecule has 3 aromatic rings. The molecule has 0 radical (unpaired) electrons. The van der Waals surface area contributed by atoms with Crippen LogP contribution in [0.4, 0.5) is 5.69 Å². The molecule has 1 N–H and O–H groups in total. The van der Waals surface area contributed by atoms with Crippen molar-refractivity contribution in [1.29, 1.82) is 0 Å². The van der Waals surface area contributed by atoms with Gasteiger partial charge in [-0.1, -0.05) is 49.9 Å². The summed E-state index contributed by atoms with van der Waals surface area (Å²) in [7, 11) is 1.87. The normalized spacial score (nSPS) is 10.9. The summed E-state index contributed by atoms with van der Waals surface area (Å²) in [5, 5.41) is 11.9. The zero-order valence-electron chi connectivity index (χ0n) is 17.2. The van der Waals surface area contributed by atoms with E-state index >= 15 is 0 Å². The van der Waals surface area contributed by atoms with E-state index in [0.29, 0.717) is 23.5 Å². The minimum Gasteiger partial charge on any atom is -0.486 e. The van der Waals surface area contributed by atoms with Crippen LogP contribution in [-0.4, -0.2) is 26.4 Å². The SMILES string of the molecule is Cc1cccc(OCc2nnc(SCC(=O)Nc3ccc(C(C)C)cc3)n2C)c1. The minimum atomic E-state index is -0.0761. The van der Waals surface area contributed by atoms with E-state index in [1.54, 1.807) is 0 Å². The van der Waals surface area contributed by atoms with Crippen LogP contribution < -0.4 is 10.1 Å². The molecular weight excluding hydrogens is 384 g/mol. The first kappa shape index (κ1) is 20.9. The lowest BCUT2D eigenvalue weighted by Crippen LogP contribution is -2.14. The summed E-state index contributed by atoms with van der Waals surface area (Å²) in [6.45, 7) is 6.63. The molecule has 6 nitrogen and oxygen atoms in total. The fraction of sp³-hybridized carbons (Fsp3) is 0.318. The molecule has 1 amide bonds. The van der Waals surface area contributed by atoms with E-state index in [1.807, 2.05) is 67.1 Å². The van der Waals surface area contributed by atoms with Gasteiger partial charge in [0.2, 0.25) is 5.91 Å². The second-order valence-electron chi connectivity index (χ2n) is 7.18. The van der Waals surface area contributed by atoms with Crippen LogP contribution in [0.2, 0.25) is 0 Å². The van der Waals surface area contributed by atoms with Gasteiger partial charge in [-0.05, 0) is 48.2 Å². The highest BCUT2D eigenvalue weighted by Gasteiger charge is 2.12. The Morgan fingerprint density at radius 1 is 1.17 bits per heavy atom. The maximum absolute atomic E-state index is 12.3. The zero-order valence-corrected chi connectivity index (χ0v) is 18.0. The molecule has 0 aliphatic rings. The number of hydrogen-bond donors (Lipinski definition) is 1. The van der Waals surface area contributed by atoms with Crippen molar-refractivity contribution in [3.05, 3.63) is 65.5 Å². The van der Waals surface area contributed by atoms with Crippen LogP contribution >= 0.6 is 11.8 Å². The first-order valence-electron chi connectivity index (χ1n) is 9.52. The highest BCUT2D eigenvalue weighted by molar-refractivity contribution is 7.99. The molecule has 0 aliphatic carbocycles. The summed E-state index contributed by atoms with van der Waals surface area (Å²) in [5.74, 6) is 2.16. The predicted molar refractivity (Wildman–Crippen MR) is 116 cm³/mol. The number of hydrogen-bond acceptors (Lipinski definition) is 5. The number of aromatic nitrogens is 3. The highest BCUT2D eigenvalue weighted by Crippen LogP contribution is 2.20. The molecule has 1 heterocycles. The quantitative estimate of drug-likeness (QED) is 0.552. The lowest BCUT2D eigenvalue weighted by Gasteiger charge is -2.09. The van der Waals surface area contributed by atoms with Crippen molar-refractivity contribution < 1.29 is 9.53 Å². The summed E-state index contributed by atoms with van der Waals surface area (Å²) < 4.78 is 7.64. The van der Waals surface area contributed by atoms with Crippen LogP contribution in [0.15, 0.2) is 53.7 Å². The zero-order chi connectivity index (χ0) is 20.8. The molecule has 0 fully saturated rings. The van der Waals surface area contributed by atoms with Gasteiger partial charge in [0.25, 0.3) is 0 Å². The maximum atomic E-state index is 12.3. The van der Waals surface area contributed by atoms with Gasteiger partial charge in [-0.15, -0.1) is 10.2 Å². The molecule has 3 rings (SSSR count). The highest BCUT2D eigenvalue weighted by atomic mass is 32.2. The molecule has 0 bridgehead atoms. The van der Waals surface area contributed by atoms with Crippen molar-refractivity contribution in [2.24, 2.45) is 7.05 Å². The Morgan fingerprint density at radius 3 is 2.62 bits per heavy atom. The van der Waals surface area contributed by atoms with Gasteiger partial charge in [-0.2, -0.15) is 0 Å². The van der Waals surface area contributed by atoms with Crippen LogP contribution in [-0.2, 0) is 18.4 Å². The maximum Gasteiger partial charge on any atom is 0.234 e. The molecule has 0 saturated heterocycles. The second kappa shape index (κ2) is 9.60. The van der Waals surface area contributed by atoms with E-state index in [1.165, 1.54) is 17.3 Å². The van der Waals surface area contributed by atoms with Crippen molar-refractivity contribution in [1.82, 2.24) is 14.8 Å². The predicted octanol–water partition coefficient (Wildman–Crippen LogP) is 4.56. The molecule has 2 aromatic carbocycles. The summed E-state index contributed by atoms with van der Waals surface area (Å²) >= 11 is 1.35. The fourth-order valence-electron chi connectivity index (χ4n) is 2.73. The van der Waals surface area contributed by atoms with E-state index in [0.717, 1.165) is 17.0 Å². The molecule has 29 heavy (non-hydrogen) atoms. The standard InChI is InChI=1S/C22H26N4O2S/c1-15(2)17-8-10-18(11-9-17)23-21(27)14-29-22-25-24-20(26(22)4)13-28-19-7-5-6-16(3)12-19/h5-12,15H,13-14H2,1-4H3,(H,23,27). The van der Waals surface area contributed by atoms with Gasteiger partial charge >= 0.3 is 0 Å². The lowest BCUT2D eigenvalue weighted by atomic mass is 10.0. The number of nitrogens with zero attached hydrogens (tertiary/aromatic N) is 3. The third-order valence-corrected chi connectivity index (χ3v) is 5.50. The first-order chi connectivity index (χ1) is 13.9. The number of aryl methyl sites for hydroxylation is 1. The Balaban J connectivity index is 1.51. The lowest BCUT2D eigenvalue weighted by molar-refractivity contribution is -0.113. The first-order valence-corrected chi connectivity index (χ1v) is 10.5. The van der Waals surface area contributed by atoms with Gasteiger partial charge in [-0.25, -0.2) is 0 Å². The van der Waals surface area contributed by atoms with Gasteiger partial charge in [0.05, 0.1) is 5.75 Å². The molecule has 0 aliphatic heterocycles. The molecule has 0 saturated carbocycles. The van der Waals surface area contributed by atoms with E-state index in [4.69, 9.17) is 4.74 Å². The van der Waals surface area contributed by atoms with Gasteiger partial charge in [0.15, 0.2) is 11.0 Å². The summed E-state index contributed by atoms with van der Waals surface area (Å²) in [6, 6.07) is 15.8. The van der Waals surface area contributed by atoms with Crippen LogP contribution in [0.25, 0.3) is 0 Å². The third-order valence-electron chi connectivity index (χ3n) is 4.48. The fourth-order valence-corrected chi connectivity index (χ4v) is 3.46. The third kappa shape index (κ3) is 5.84. The van der Waals surface area contributed by atoms with E-state index < -0.39 is 0 Å². The molecule has 152 valence electrons. The van der Waals surface area contributed by atoms with Crippen molar-refractivity contribution in [2.75, 3.05) is 11.1 Å². The molecule has 0 atom stereocenters. The Labute approximate surface area is 175 Å². The summed E-state index contributed by atoms with van der Waals surface area (Å²) in [5.41, 5.74) is 3.18. The number of nitrogens with one attached hydrogen (secondary N) is 1. The van der Waals surface area contributed by atoms with Crippen LogP contribution in [0.3, 0.4) is 0 Å². The largest absolute Gasteiger partial charge is 0.486 e. The minimum absolute atomic E-state index is 0.0761. The van der Waals surface area contributed by atoms with Crippen LogP contribution in [0.1, 0.15) is 36.7 Å². The smallest absolute Gasteiger partial charge is 0.234 e. The number of anilines is 1. The van der Waals surface area contributed by atoms with Gasteiger partial charge in [-0.3, -0.25) is 4.79 Å². The van der Waals surface area contributed by atoms with Crippen molar-refractivity contribution in [3.63, 3.8) is 0 Å². The van der Waals surface area contributed by atoms with E-state index in [2.05, 4.69) is 29.4 Å². The number of ether oxygens (including phenoxy) is 1. The number of carbonyl (C=O) groups excluding carboxylic acids is 1. The van der Waals surface area contributed by atoms with Gasteiger partial charge in [0, 0.05) is 12.7 Å². The average Bonchev–Trinajstić information content (AvgIpc) is 3.05. The molecule has 0 unspecified atom stereocenters. The monoisotopic (exact) mass is 410 g/mol. The van der Waals surface area contributed by atoms with Crippen molar-refractivity contribution in [2.45, 2.75) is 38.5 Å². The molecule has 7 heteroatoms. The Kier molecular flexibility index (Phi) is 6.93. The number of benzene rings is 2. The number of carbonyl (C=O) groups is 1. The van der Waals surface area contributed by atoms with Gasteiger partial charge in [0.1, 0.15) is 12.4 Å². The van der Waals surface area contributed by atoms with E-state index in [-0.39, 0.29) is 11.7 Å².